The van der Waals surface area contributed by atoms with Gasteiger partial charge in [0, 0.05) is 36.5 Å². The van der Waals surface area contributed by atoms with Crippen LogP contribution in [0.25, 0.3) is 0 Å². The third kappa shape index (κ3) is 3.98. The van der Waals surface area contributed by atoms with Crippen molar-refractivity contribution in [1.29, 1.82) is 0 Å². The molecule has 110 valence electrons. The minimum absolute atomic E-state index is 0.278. The number of carboxylic acids is 1. The Morgan fingerprint density at radius 1 is 1.24 bits per heavy atom. The number of halogens is 1. The zero-order valence-corrected chi connectivity index (χ0v) is 13.5. The van der Waals surface area contributed by atoms with Gasteiger partial charge in [0.25, 0.3) is 0 Å². The zero-order valence-electron chi connectivity index (χ0n) is 11.9. The first-order valence-electron chi connectivity index (χ1n) is 6.50. The quantitative estimate of drug-likeness (QED) is 0.862. The van der Waals surface area contributed by atoms with Gasteiger partial charge < -0.3 is 15.3 Å². The molecular formula is C16H17BrN2O2. The normalized spacial score (nSPS) is 10.2. The zero-order chi connectivity index (χ0) is 15.4. The highest BCUT2D eigenvalue weighted by atomic mass is 79.9. The van der Waals surface area contributed by atoms with E-state index in [9.17, 15) is 4.79 Å². The van der Waals surface area contributed by atoms with Gasteiger partial charge in [-0.05, 0) is 35.9 Å². The molecule has 0 aromatic heterocycles. The molecule has 0 aliphatic rings. The van der Waals surface area contributed by atoms with Crippen LogP contribution >= 0.6 is 15.9 Å². The molecule has 0 heterocycles. The predicted octanol–water partition coefficient (Wildman–Crippen LogP) is 3.83. The van der Waals surface area contributed by atoms with Crippen LogP contribution in [0.3, 0.4) is 0 Å². The standard InChI is InChI=1S/C16H17BrN2O2/c1-19(2)14-5-3-4-13(9-14)18-10-12-7-6-11(16(20)21)8-15(12)17/h3-9,18H,10H2,1-2H3,(H,20,21). The Morgan fingerprint density at radius 3 is 2.62 bits per heavy atom. The van der Waals surface area contributed by atoms with Gasteiger partial charge in [-0.3, -0.25) is 0 Å². The van der Waals surface area contributed by atoms with Crippen LogP contribution in [0, 0.1) is 0 Å². The highest BCUT2D eigenvalue weighted by Crippen LogP contribution is 2.22. The molecule has 0 atom stereocenters. The summed E-state index contributed by atoms with van der Waals surface area (Å²) < 4.78 is 0.790. The number of anilines is 2. The monoisotopic (exact) mass is 348 g/mol. The first kappa shape index (κ1) is 15.4. The summed E-state index contributed by atoms with van der Waals surface area (Å²) in [6.45, 7) is 0.622. The third-order valence-electron chi connectivity index (χ3n) is 3.15. The molecule has 2 aromatic carbocycles. The molecule has 0 radical (unpaired) electrons. The fourth-order valence-electron chi connectivity index (χ4n) is 1.92. The smallest absolute Gasteiger partial charge is 0.335 e. The summed E-state index contributed by atoms with van der Waals surface area (Å²) in [5, 5.41) is 12.3. The van der Waals surface area contributed by atoms with Gasteiger partial charge in [-0.2, -0.15) is 0 Å². The van der Waals surface area contributed by atoms with Crippen LogP contribution in [0.15, 0.2) is 46.9 Å². The lowest BCUT2D eigenvalue weighted by Gasteiger charge is -2.15. The Labute approximate surface area is 132 Å². The van der Waals surface area contributed by atoms with Crippen LogP contribution < -0.4 is 10.2 Å². The fourth-order valence-corrected chi connectivity index (χ4v) is 2.43. The van der Waals surface area contributed by atoms with E-state index in [-0.39, 0.29) is 5.56 Å². The van der Waals surface area contributed by atoms with Crippen molar-refractivity contribution in [2.24, 2.45) is 0 Å². The maximum absolute atomic E-state index is 10.9. The van der Waals surface area contributed by atoms with E-state index < -0.39 is 5.97 Å². The summed E-state index contributed by atoms with van der Waals surface area (Å²) in [6, 6.07) is 13.2. The first-order chi connectivity index (χ1) is 9.97. The number of nitrogens with one attached hydrogen (secondary N) is 1. The second-order valence-electron chi connectivity index (χ2n) is 4.91. The van der Waals surface area contributed by atoms with Gasteiger partial charge in [0.1, 0.15) is 0 Å². The Morgan fingerprint density at radius 2 is 2.00 bits per heavy atom. The SMILES string of the molecule is CN(C)c1cccc(NCc2ccc(C(=O)O)cc2Br)c1. The van der Waals surface area contributed by atoms with Gasteiger partial charge >= 0.3 is 5.97 Å². The molecule has 2 aromatic rings. The summed E-state index contributed by atoms with van der Waals surface area (Å²) >= 11 is 3.42. The molecule has 4 nitrogen and oxygen atoms in total. The van der Waals surface area contributed by atoms with E-state index in [0.717, 1.165) is 21.4 Å². The average Bonchev–Trinajstić information content (AvgIpc) is 2.46. The molecule has 2 N–H and O–H groups in total. The minimum atomic E-state index is -0.922. The van der Waals surface area contributed by atoms with Crippen LogP contribution in [0.2, 0.25) is 0 Å². The number of hydrogen-bond acceptors (Lipinski definition) is 3. The number of nitrogens with zero attached hydrogens (tertiary/aromatic N) is 1. The summed E-state index contributed by atoms with van der Waals surface area (Å²) in [6.07, 6.45) is 0. The third-order valence-corrected chi connectivity index (χ3v) is 3.88. The molecule has 0 fully saturated rings. The Bertz CT molecular complexity index is 656. The fraction of sp³-hybridized carbons (Fsp3) is 0.188. The largest absolute Gasteiger partial charge is 0.478 e. The number of rotatable bonds is 5. The molecule has 2 rings (SSSR count). The highest BCUT2D eigenvalue weighted by Gasteiger charge is 2.06. The van der Waals surface area contributed by atoms with Crippen LogP contribution in [0.5, 0.6) is 0 Å². The second kappa shape index (κ2) is 6.63. The number of aromatic carboxylic acids is 1. The van der Waals surface area contributed by atoms with Crippen molar-refractivity contribution in [3.05, 3.63) is 58.1 Å². The molecule has 0 saturated carbocycles. The molecular weight excluding hydrogens is 332 g/mol. The maximum atomic E-state index is 10.9. The van der Waals surface area contributed by atoms with Gasteiger partial charge in [-0.1, -0.05) is 28.1 Å². The minimum Gasteiger partial charge on any atom is -0.478 e. The van der Waals surface area contributed by atoms with E-state index in [2.05, 4.69) is 27.3 Å². The molecule has 0 aliphatic heterocycles. The second-order valence-corrected chi connectivity index (χ2v) is 5.76. The van der Waals surface area contributed by atoms with Gasteiger partial charge in [0.15, 0.2) is 0 Å². The molecule has 0 aliphatic carbocycles. The van der Waals surface area contributed by atoms with Crippen LogP contribution in [0.1, 0.15) is 15.9 Å². The lowest BCUT2D eigenvalue weighted by molar-refractivity contribution is 0.0697. The molecule has 0 amide bonds. The summed E-state index contributed by atoms with van der Waals surface area (Å²) in [5.74, 6) is -0.922. The lowest BCUT2D eigenvalue weighted by Crippen LogP contribution is -2.09. The van der Waals surface area contributed by atoms with Crippen molar-refractivity contribution in [2.75, 3.05) is 24.3 Å². The number of hydrogen-bond donors (Lipinski definition) is 2. The molecule has 0 bridgehead atoms. The van der Waals surface area contributed by atoms with Gasteiger partial charge in [0.2, 0.25) is 0 Å². The molecule has 5 heteroatoms. The van der Waals surface area contributed by atoms with Crippen molar-refractivity contribution < 1.29 is 9.90 Å². The maximum Gasteiger partial charge on any atom is 0.335 e. The van der Waals surface area contributed by atoms with Crippen molar-refractivity contribution in [1.82, 2.24) is 0 Å². The Kier molecular flexibility index (Phi) is 4.85. The lowest BCUT2D eigenvalue weighted by atomic mass is 10.1. The van der Waals surface area contributed by atoms with Crippen LogP contribution in [0.4, 0.5) is 11.4 Å². The van der Waals surface area contributed by atoms with E-state index in [0.29, 0.717) is 6.54 Å². The first-order valence-corrected chi connectivity index (χ1v) is 7.29. The number of benzene rings is 2. The van der Waals surface area contributed by atoms with E-state index in [1.165, 1.54) is 0 Å². The van der Waals surface area contributed by atoms with Crippen molar-refractivity contribution in [3.8, 4) is 0 Å². The van der Waals surface area contributed by atoms with Crippen molar-refractivity contribution >= 4 is 33.3 Å². The van der Waals surface area contributed by atoms with Gasteiger partial charge in [-0.25, -0.2) is 4.79 Å². The Balaban J connectivity index is 2.09. The van der Waals surface area contributed by atoms with Crippen LogP contribution in [-0.4, -0.2) is 25.2 Å². The number of carboxylic acid groups (broad SMARTS) is 1. The van der Waals surface area contributed by atoms with E-state index in [1.54, 1.807) is 12.1 Å². The molecule has 0 unspecified atom stereocenters. The summed E-state index contributed by atoms with van der Waals surface area (Å²) in [7, 11) is 4.00. The van der Waals surface area contributed by atoms with E-state index in [4.69, 9.17) is 5.11 Å². The van der Waals surface area contributed by atoms with E-state index >= 15 is 0 Å². The summed E-state index contributed by atoms with van der Waals surface area (Å²) in [4.78, 5) is 12.9. The Hall–Kier alpha value is -2.01. The predicted molar refractivity (Wildman–Crippen MR) is 89.2 cm³/mol. The van der Waals surface area contributed by atoms with Gasteiger partial charge in [0.05, 0.1) is 5.56 Å². The van der Waals surface area contributed by atoms with Crippen LogP contribution in [-0.2, 0) is 6.54 Å². The topological polar surface area (TPSA) is 52.6 Å². The van der Waals surface area contributed by atoms with E-state index in [1.807, 2.05) is 43.3 Å². The average molecular weight is 349 g/mol. The molecule has 0 spiro atoms. The summed E-state index contributed by atoms with van der Waals surface area (Å²) in [5.41, 5.74) is 3.44. The highest BCUT2D eigenvalue weighted by molar-refractivity contribution is 9.10. The van der Waals surface area contributed by atoms with Gasteiger partial charge in [-0.15, -0.1) is 0 Å². The molecule has 21 heavy (non-hydrogen) atoms. The van der Waals surface area contributed by atoms with Crippen molar-refractivity contribution in [2.45, 2.75) is 6.54 Å². The number of carbonyl (C=O) groups is 1. The molecule has 0 saturated heterocycles. The van der Waals surface area contributed by atoms with Crippen molar-refractivity contribution in [3.63, 3.8) is 0 Å².